The molecule has 0 spiro atoms. The van der Waals surface area contributed by atoms with Crippen LogP contribution in [0.1, 0.15) is 12.0 Å². The first kappa shape index (κ1) is 16.8. The number of nitrogen functional groups attached to an aromatic ring is 1. The Kier molecular flexibility index (Phi) is 4.88. The Morgan fingerprint density at radius 3 is 2.72 bits per heavy atom. The highest BCUT2D eigenvalue weighted by atomic mass is 16.6. The summed E-state index contributed by atoms with van der Waals surface area (Å²) in [5.74, 6) is 0.552. The van der Waals surface area contributed by atoms with Crippen LogP contribution in [0.15, 0.2) is 48.5 Å². The quantitative estimate of drug-likeness (QED) is 0.869. The maximum absolute atomic E-state index is 12.3. The molecule has 0 saturated carbocycles. The summed E-state index contributed by atoms with van der Waals surface area (Å²) in [4.78, 5) is 27.6. The number of likely N-dealkylation sites (N-methyl/N-ethyl adjacent to an activating group) is 1. The normalized spacial score (nSPS) is 13.3. The van der Waals surface area contributed by atoms with Gasteiger partial charge in [0.1, 0.15) is 5.75 Å². The molecule has 1 aliphatic rings. The molecule has 2 aromatic carbocycles. The van der Waals surface area contributed by atoms with Crippen molar-refractivity contribution in [3.63, 3.8) is 0 Å². The highest BCUT2D eigenvalue weighted by Gasteiger charge is 2.25. The van der Waals surface area contributed by atoms with E-state index in [0.29, 0.717) is 37.4 Å². The first-order chi connectivity index (χ1) is 12.0. The molecule has 2 N–H and O–H groups in total. The molecule has 0 bridgehead atoms. The number of ether oxygens (including phenoxy) is 1. The lowest BCUT2D eigenvalue weighted by Crippen LogP contribution is -2.42. The topological polar surface area (TPSA) is 75.9 Å². The summed E-state index contributed by atoms with van der Waals surface area (Å²) in [6, 6.07) is 14.5. The number of nitrogens with two attached hydrogens (primary N) is 1. The summed E-state index contributed by atoms with van der Waals surface area (Å²) >= 11 is 0. The van der Waals surface area contributed by atoms with Crippen molar-refractivity contribution in [1.82, 2.24) is 4.90 Å². The van der Waals surface area contributed by atoms with E-state index in [4.69, 9.17) is 10.5 Å². The van der Waals surface area contributed by atoms with Crippen LogP contribution in [-0.4, -0.2) is 37.0 Å². The molecule has 0 fully saturated rings. The predicted octanol–water partition coefficient (Wildman–Crippen LogP) is 2.68. The number of fused-ring (bicyclic) bond motifs is 1. The number of nitrogens with zero attached hydrogens (tertiary/aromatic N) is 2. The number of carbonyl (C=O) groups is 2. The smallest absolute Gasteiger partial charge is 0.410 e. The summed E-state index contributed by atoms with van der Waals surface area (Å²) in [5.41, 5.74) is 8.45. The second-order valence-electron chi connectivity index (χ2n) is 6.04. The van der Waals surface area contributed by atoms with Gasteiger partial charge < -0.3 is 20.3 Å². The largest absolute Gasteiger partial charge is 0.415 e. The zero-order valence-electron chi connectivity index (χ0n) is 14.1. The number of para-hydroxylation sites is 1. The molecule has 2 amide bonds. The molecule has 0 radical (unpaired) electrons. The van der Waals surface area contributed by atoms with Gasteiger partial charge in [-0.05, 0) is 42.3 Å². The number of amides is 2. The number of hydrogen-bond donors (Lipinski definition) is 1. The van der Waals surface area contributed by atoms with Crippen LogP contribution in [0.5, 0.6) is 5.75 Å². The molecule has 1 heterocycles. The molecule has 2 aromatic rings. The Balaban J connectivity index is 1.63. The van der Waals surface area contributed by atoms with E-state index in [9.17, 15) is 9.59 Å². The fourth-order valence-electron chi connectivity index (χ4n) is 2.83. The Bertz CT molecular complexity index is 777. The summed E-state index contributed by atoms with van der Waals surface area (Å²) in [7, 11) is 1.66. The molecule has 6 heteroatoms. The fourth-order valence-corrected chi connectivity index (χ4v) is 2.83. The highest BCUT2D eigenvalue weighted by Crippen LogP contribution is 2.29. The molecule has 25 heavy (non-hydrogen) atoms. The molecule has 0 saturated heterocycles. The van der Waals surface area contributed by atoms with Crippen LogP contribution in [0.2, 0.25) is 0 Å². The minimum atomic E-state index is -0.451. The second-order valence-corrected chi connectivity index (χ2v) is 6.04. The average Bonchev–Trinajstić information content (AvgIpc) is 2.61. The lowest BCUT2D eigenvalue weighted by molar-refractivity contribution is -0.118. The standard InChI is InChI=1S/C19H21N3O3/c1-21(19(24)25-16-5-3-2-4-6-16)11-12-22-17-9-8-15(20)13-14(17)7-10-18(22)23/h2-6,8-9,13H,7,10-12,20H2,1H3. The van der Waals surface area contributed by atoms with Gasteiger partial charge >= 0.3 is 6.09 Å². The Morgan fingerprint density at radius 2 is 1.96 bits per heavy atom. The van der Waals surface area contributed by atoms with E-state index in [1.165, 1.54) is 4.90 Å². The van der Waals surface area contributed by atoms with Gasteiger partial charge in [0.15, 0.2) is 0 Å². The molecular weight excluding hydrogens is 318 g/mol. The lowest BCUT2D eigenvalue weighted by atomic mass is 10.0. The number of aryl methyl sites for hydroxylation is 1. The predicted molar refractivity (Wildman–Crippen MR) is 96.6 cm³/mol. The van der Waals surface area contributed by atoms with E-state index in [0.717, 1.165) is 11.3 Å². The Morgan fingerprint density at radius 1 is 1.20 bits per heavy atom. The van der Waals surface area contributed by atoms with Crippen molar-refractivity contribution >= 4 is 23.4 Å². The van der Waals surface area contributed by atoms with Crippen molar-refractivity contribution in [2.75, 3.05) is 30.8 Å². The van der Waals surface area contributed by atoms with E-state index in [1.54, 1.807) is 42.3 Å². The van der Waals surface area contributed by atoms with Crippen LogP contribution in [0.4, 0.5) is 16.2 Å². The van der Waals surface area contributed by atoms with Gasteiger partial charge in [-0.3, -0.25) is 4.79 Å². The van der Waals surface area contributed by atoms with Gasteiger partial charge in [0.2, 0.25) is 5.91 Å². The number of carbonyl (C=O) groups excluding carboxylic acids is 2. The minimum Gasteiger partial charge on any atom is -0.410 e. The fraction of sp³-hybridized carbons (Fsp3) is 0.263. The number of anilines is 2. The molecule has 0 aromatic heterocycles. The van der Waals surface area contributed by atoms with E-state index < -0.39 is 6.09 Å². The van der Waals surface area contributed by atoms with Gasteiger partial charge in [0.05, 0.1) is 0 Å². The third-order valence-electron chi connectivity index (χ3n) is 4.22. The minimum absolute atomic E-state index is 0.0575. The van der Waals surface area contributed by atoms with Gasteiger partial charge in [-0.2, -0.15) is 0 Å². The number of rotatable bonds is 4. The maximum atomic E-state index is 12.3. The maximum Gasteiger partial charge on any atom is 0.415 e. The van der Waals surface area contributed by atoms with Crippen LogP contribution in [0.25, 0.3) is 0 Å². The molecule has 1 aliphatic heterocycles. The van der Waals surface area contributed by atoms with E-state index in [1.807, 2.05) is 18.2 Å². The zero-order valence-corrected chi connectivity index (χ0v) is 14.1. The molecule has 130 valence electrons. The van der Waals surface area contributed by atoms with Crippen molar-refractivity contribution in [3.8, 4) is 5.75 Å². The summed E-state index contributed by atoms with van der Waals surface area (Å²) in [6.45, 7) is 0.789. The molecule has 3 rings (SSSR count). The van der Waals surface area contributed by atoms with Crippen molar-refractivity contribution in [1.29, 1.82) is 0 Å². The van der Waals surface area contributed by atoms with Crippen molar-refractivity contribution in [2.45, 2.75) is 12.8 Å². The van der Waals surface area contributed by atoms with Gasteiger partial charge in [0, 0.05) is 37.9 Å². The van der Waals surface area contributed by atoms with Gasteiger partial charge in [-0.15, -0.1) is 0 Å². The van der Waals surface area contributed by atoms with Gasteiger partial charge in [-0.25, -0.2) is 4.79 Å². The van der Waals surface area contributed by atoms with E-state index in [2.05, 4.69) is 0 Å². The van der Waals surface area contributed by atoms with Crippen molar-refractivity contribution < 1.29 is 14.3 Å². The lowest BCUT2D eigenvalue weighted by Gasteiger charge is -2.31. The van der Waals surface area contributed by atoms with E-state index >= 15 is 0 Å². The van der Waals surface area contributed by atoms with Crippen molar-refractivity contribution in [3.05, 3.63) is 54.1 Å². The SMILES string of the molecule is CN(CCN1C(=O)CCc2cc(N)ccc21)C(=O)Oc1ccccc1. The molecule has 0 unspecified atom stereocenters. The summed E-state index contributed by atoms with van der Waals surface area (Å²) in [5, 5.41) is 0. The van der Waals surface area contributed by atoms with Crippen molar-refractivity contribution in [2.24, 2.45) is 0 Å². The van der Waals surface area contributed by atoms with Crippen LogP contribution < -0.4 is 15.4 Å². The van der Waals surface area contributed by atoms with Crippen LogP contribution in [0.3, 0.4) is 0 Å². The highest BCUT2D eigenvalue weighted by molar-refractivity contribution is 5.96. The molecular formula is C19H21N3O3. The second kappa shape index (κ2) is 7.25. The summed E-state index contributed by atoms with van der Waals surface area (Å²) < 4.78 is 5.30. The van der Waals surface area contributed by atoms with E-state index in [-0.39, 0.29) is 5.91 Å². The number of benzene rings is 2. The third-order valence-corrected chi connectivity index (χ3v) is 4.22. The molecule has 6 nitrogen and oxygen atoms in total. The molecule has 0 aliphatic carbocycles. The Labute approximate surface area is 146 Å². The average molecular weight is 339 g/mol. The van der Waals surface area contributed by atoms with Crippen LogP contribution in [-0.2, 0) is 11.2 Å². The van der Waals surface area contributed by atoms with Gasteiger partial charge in [0.25, 0.3) is 0 Å². The Hall–Kier alpha value is -3.02. The van der Waals surface area contributed by atoms with Gasteiger partial charge in [-0.1, -0.05) is 18.2 Å². The molecule has 0 atom stereocenters. The summed E-state index contributed by atoms with van der Waals surface area (Å²) in [6.07, 6.45) is 0.698. The third kappa shape index (κ3) is 3.91. The number of hydrogen-bond acceptors (Lipinski definition) is 4. The first-order valence-corrected chi connectivity index (χ1v) is 8.21. The van der Waals surface area contributed by atoms with Crippen LogP contribution >= 0.6 is 0 Å². The monoisotopic (exact) mass is 339 g/mol. The van der Waals surface area contributed by atoms with Crippen LogP contribution in [0, 0.1) is 0 Å². The zero-order chi connectivity index (χ0) is 17.8. The first-order valence-electron chi connectivity index (χ1n) is 8.21.